The number of nitrogens with zero attached hydrogens (tertiary/aromatic N) is 3. The fourth-order valence-electron chi connectivity index (χ4n) is 5.31. The van der Waals surface area contributed by atoms with E-state index in [1.54, 1.807) is 36.4 Å². The first-order valence-corrected chi connectivity index (χ1v) is 15.8. The monoisotopic (exact) mass is 686 g/mol. The number of hydrazine groups is 1. The minimum Gasteiger partial charge on any atom is -0.410 e. The van der Waals surface area contributed by atoms with Gasteiger partial charge < -0.3 is 9.64 Å². The van der Waals surface area contributed by atoms with Crippen molar-refractivity contribution in [3.8, 4) is 5.75 Å². The van der Waals surface area contributed by atoms with E-state index in [-0.39, 0.29) is 36.0 Å². The van der Waals surface area contributed by atoms with Crippen LogP contribution < -0.4 is 25.8 Å². The van der Waals surface area contributed by atoms with Crippen molar-refractivity contribution < 1.29 is 50.3 Å². The summed E-state index contributed by atoms with van der Waals surface area (Å²) in [5, 5.41) is 2.49. The summed E-state index contributed by atoms with van der Waals surface area (Å²) in [5.74, 6) is -0.0792. The van der Waals surface area contributed by atoms with Crippen LogP contribution in [-0.2, 0) is 30.8 Å². The van der Waals surface area contributed by atoms with Gasteiger partial charge in [-0.15, -0.1) is 0 Å². The molecule has 0 unspecified atom stereocenters. The number of carbonyl (C=O) groups is 5. The maximum absolute atomic E-state index is 13.3. The van der Waals surface area contributed by atoms with Gasteiger partial charge in [0.25, 0.3) is 15.7 Å². The SMILES string of the molecule is O=C(Nc1cc(CN2C(=O)N(c3ccc(S(=O)(=O)C(F)(F)F)cc3)C(=O)C23CC3)ccn1)Oc1ccccc1.O=C1CC(=O)C2(C1)NN2. The second-order valence-electron chi connectivity index (χ2n) is 11.3. The van der Waals surface area contributed by atoms with Crippen LogP contribution in [-0.4, -0.2) is 64.6 Å². The van der Waals surface area contributed by atoms with Crippen LogP contribution >= 0.6 is 0 Å². The Bertz CT molecular complexity index is 1930. The number of hydrogen-bond donors (Lipinski definition) is 3. The third kappa shape index (κ3) is 6.12. The first kappa shape index (κ1) is 32.7. The van der Waals surface area contributed by atoms with Crippen molar-refractivity contribution in [3.05, 3.63) is 78.5 Å². The predicted molar refractivity (Wildman–Crippen MR) is 159 cm³/mol. The van der Waals surface area contributed by atoms with E-state index in [1.807, 2.05) is 0 Å². The molecule has 18 heteroatoms. The van der Waals surface area contributed by atoms with Crippen LogP contribution in [0.1, 0.15) is 31.2 Å². The van der Waals surface area contributed by atoms with Crippen molar-refractivity contribution >= 4 is 50.9 Å². The Hall–Kier alpha value is -5.20. The largest absolute Gasteiger partial charge is 0.501 e. The van der Waals surface area contributed by atoms with E-state index in [1.165, 1.54) is 17.2 Å². The lowest BCUT2D eigenvalue weighted by Crippen LogP contribution is -2.36. The van der Waals surface area contributed by atoms with Gasteiger partial charge in [-0.25, -0.2) is 38.7 Å². The third-order valence-electron chi connectivity index (χ3n) is 8.05. The lowest BCUT2D eigenvalue weighted by atomic mass is 10.2. The molecule has 2 saturated heterocycles. The van der Waals surface area contributed by atoms with E-state index < -0.39 is 49.5 Å². The number of amides is 4. The molecule has 3 aromatic rings. The summed E-state index contributed by atoms with van der Waals surface area (Å²) < 4.78 is 67.1. The maximum Gasteiger partial charge on any atom is 0.501 e. The number of benzene rings is 2. The molecule has 48 heavy (non-hydrogen) atoms. The highest BCUT2D eigenvalue weighted by molar-refractivity contribution is 7.92. The number of hydrogen-bond acceptors (Lipinski definition) is 11. The molecule has 2 saturated carbocycles. The van der Waals surface area contributed by atoms with Gasteiger partial charge in [-0.1, -0.05) is 18.2 Å². The Balaban J connectivity index is 0.000000381. The summed E-state index contributed by atoms with van der Waals surface area (Å²) in [5.41, 5.74) is -1.39. The van der Waals surface area contributed by atoms with Gasteiger partial charge in [0.05, 0.1) is 17.0 Å². The van der Waals surface area contributed by atoms with Crippen LogP contribution in [0.25, 0.3) is 0 Å². The number of rotatable bonds is 6. The molecule has 2 aromatic carbocycles. The lowest BCUT2D eigenvalue weighted by Gasteiger charge is -2.21. The third-order valence-corrected chi connectivity index (χ3v) is 9.55. The Kier molecular flexibility index (Phi) is 8.04. The molecular weight excluding hydrogens is 661 g/mol. The van der Waals surface area contributed by atoms with E-state index in [4.69, 9.17) is 4.74 Å². The van der Waals surface area contributed by atoms with Gasteiger partial charge in [0.2, 0.25) is 0 Å². The van der Waals surface area contributed by atoms with E-state index in [2.05, 4.69) is 21.2 Å². The molecule has 3 N–H and O–H groups in total. The Morgan fingerprint density at radius 3 is 2.19 bits per heavy atom. The van der Waals surface area contributed by atoms with E-state index >= 15 is 0 Å². The first-order chi connectivity index (χ1) is 22.6. The molecule has 2 spiro atoms. The minimum atomic E-state index is -5.58. The summed E-state index contributed by atoms with van der Waals surface area (Å²) >= 11 is 0. The topological polar surface area (TPSA) is 204 Å². The van der Waals surface area contributed by atoms with Gasteiger partial charge in [0, 0.05) is 19.2 Å². The van der Waals surface area contributed by atoms with Crippen molar-refractivity contribution in [3.63, 3.8) is 0 Å². The summed E-state index contributed by atoms with van der Waals surface area (Å²) in [4.78, 5) is 65.4. The van der Waals surface area contributed by atoms with Gasteiger partial charge in [0.1, 0.15) is 22.9 Å². The minimum absolute atomic E-state index is 0.0208. The molecule has 4 fully saturated rings. The summed E-state index contributed by atoms with van der Waals surface area (Å²) in [6.45, 7) is -0.0213. The van der Waals surface area contributed by atoms with E-state index in [0.29, 0.717) is 42.7 Å². The van der Waals surface area contributed by atoms with Crippen molar-refractivity contribution in [2.75, 3.05) is 10.2 Å². The van der Waals surface area contributed by atoms with Crippen molar-refractivity contribution in [1.29, 1.82) is 0 Å². The van der Waals surface area contributed by atoms with Crippen LogP contribution in [0.2, 0.25) is 0 Å². The van der Waals surface area contributed by atoms with Crippen LogP contribution in [0.3, 0.4) is 0 Å². The number of aromatic nitrogens is 1. The Morgan fingerprint density at radius 2 is 1.65 bits per heavy atom. The molecule has 4 aliphatic rings. The first-order valence-electron chi connectivity index (χ1n) is 14.3. The molecule has 0 bridgehead atoms. The normalized spacial score (nSPS) is 19.0. The van der Waals surface area contributed by atoms with Gasteiger partial charge in [0.15, 0.2) is 11.4 Å². The molecular formula is C30H25F3N6O8S. The van der Waals surface area contributed by atoms with Crippen molar-refractivity contribution in [2.45, 2.75) is 53.8 Å². The number of alkyl halides is 3. The molecule has 1 aromatic heterocycles. The average molecular weight is 687 g/mol. The van der Waals surface area contributed by atoms with Crippen molar-refractivity contribution in [2.24, 2.45) is 0 Å². The number of imide groups is 1. The fraction of sp³-hybridized carbons (Fsp3) is 0.267. The zero-order valence-corrected chi connectivity index (χ0v) is 25.4. The number of ether oxygens (including phenoxy) is 1. The number of Topliss-reactive ketones (excluding diaryl/α,β-unsaturated/α-hetero) is 2. The predicted octanol–water partition coefficient (Wildman–Crippen LogP) is 3.21. The highest BCUT2D eigenvalue weighted by Gasteiger charge is 2.65. The van der Waals surface area contributed by atoms with Gasteiger partial charge >= 0.3 is 17.6 Å². The summed E-state index contributed by atoms with van der Waals surface area (Å²) in [6, 6.07) is 14.2. The number of pyridine rings is 1. The second kappa shape index (κ2) is 11.8. The molecule has 2 aliphatic heterocycles. The van der Waals surface area contributed by atoms with Crippen LogP contribution in [0, 0.1) is 0 Å². The number of sulfone groups is 1. The number of urea groups is 1. The molecule has 4 amide bonds. The number of ketones is 2. The van der Waals surface area contributed by atoms with Crippen LogP contribution in [0.4, 0.5) is 34.3 Å². The highest BCUT2D eigenvalue weighted by Crippen LogP contribution is 2.50. The second-order valence-corrected chi connectivity index (χ2v) is 13.3. The van der Waals surface area contributed by atoms with E-state index in [9.17, 15) is 45.6 Å². The van der Waals surface area contributed by atoms with Gasteiger partial charge in [-0.05, 0) is 66.9 Å². The van der Waals surface area contributed by atoms with Gasteiger partial charge in [-0.2, -0.15) is 13.2 Å². The van der Waals surface area contributed by atoms with Crippen LogP contribution in [0.5, 0.6) is 5.75 Å². The average Bonchev–Trinajstić information content (AvgIpc) is 3.95. The number of carbonyl (C=O) groups excluding carboxylic acids is 5. The number of halogens is 3. The maximum atomic E-state index is 13.3. The standard InChI is InChI=1S/C25H19F3N4O6S.C5H6N2O2/c26-25(27,28)39(36,37)19-8-6-17(7-9-19)32-21(33)24(11-12-24)31(23(32)35)15-16-10-13-29-20(14-16)30-22(34)38-18-4-2-1-3-5-18;8-3-1-4(9)5(2-3)6-7-5/h1-10,13-14H,11-12,15H2,(H,29,30,34);6-7H,1-2H2. The van der Waals surface area contributed by atoms with Gasteiger partial charge in [-0.3, -0.25) is 19.7 Å². The smallest absolute Gasteiger partial charge is 0.410 e. The number of para-hydroxylation sites is 1. The molecule has 14 nitrogen and oxygen atoms in total. The molecule has 2 aliphatic carbocycles. The molecule has 0 radical (unpaired) electrons. The fourth-order valence-corrected chi connectivity index (χ4v) is 6.07. The van der Waals surface area contributed by atoms with E-state index in [0.717, 1.165) is 17.0 Å². The summed E-state index contributed by atoms with van der Waals surface area (Å²) in [7, 11) is -5.58. The molecule has 250 valence electrons. The number of anilines is 2. The Morgan fingerprint density at radius 1 is 0.979 bits per heavy atom. The Labute approximate surface area is 270 Å². The zero-order chi connectivity index (χ0) is 34.5. The van der Waals surface area contributed by atoms with Crippen molar-refractivity contribution in [1.82, 2.24) is 20.7 Å². The number of nitrogens with one attached hydrogen (secondary N) is 3. The summed E-state index contributed by atoms with van der Waals surface area (Å²) in [6.07, 6.45) is 1.82. The quantitative estimate of drug-likeness (QED) is 0.195. The molecule has 7 rings (SSSR count). The molecule has 0 atom stereocenters. The molecule has 3 heterocycles. The lowest BCUT2D eigenvalue weighted by molar-refractivity contribution is -0.122. The zero-order valence-electron chi connectivity index (χ0n) is 24.6. The highest BCUT2D eigenvalue weighted by atomic mass is 32.2. The van der Waals surface area contributed by atoms with Crippen LogP contribution in [0.15, 0.2) is 77.8 Å².